The van der Waals surface area contributed by atoms with Gasteiger partial charge >= 0.3 is 5.97 Å². The molecule has 1 aliphatic rings. The van der Waals surface area contributed by atoms with Crippen molar-refractivity contribution in [3.63, 3.8) is 0 Å². The van der Waals surface area contributed by atoms with Crippen LogP contribution in [0, 0.1) is 0 Å². The maximum Gasteiger partial charge on any atom is 0.323 e. The van der Waals surface area contributed by atoms with Crippen molar-refractivity contribution >= 4 is 51.0 Å². The second-order valence-corrected chi connectivity index (χ2v) is 8.54. The summed E-state index contributed by atoms with van der Waals surface area (Å²) in [5.74, 6) is -0.350. The Morgan fingerprint density at radius 2 is 1.90 bits per heavy atom. The van der Waals surface area contributed by atoms with E-state index in [0.29, 0.717) is 38.5 Å². The zero-order valence-electron chi connectivity index (χ0n) is 17.9. The molecule has 1 saturated carbocycles. The van der Waals surface area contributed by atoms with Crippen LogP contribution in [0.25, 0.3) is 21.9 Å². The molecule has 1 fully saturated rings. The summed E-state index contributed by atoms with van der Waals surface area (Å²) in [6, 6.07) is 7.12. The number of hydrogen-bond acceptors (Lipinski definition) is 6. The van der Waals surface area contributed by atoms with Gasteiger partial charge in [-0.1, -0.05) is 11.6 Å². The van der Waals surface area contributed by atoms with Crippen molar-refractivity contribution in [2.45, 2.75) is 31.5 Å². The van der Waals surface area contributed by atoms with Gasteiger partial charge in [0.25, 0.3) is 0 Å². The first-order chi connectivity index (χ1) is 14.7. The molecular weight excluding hydrogens is 420 g/mol. The summed E-state index contributed by atoms with van der Waals surface area (Å²) in [5.41, 5.74) is 1.18. The van der Waals surface area contributed by atoms with Crippen LogP contribution in [0.2, 0.25) is 5.02 Å². The van der Waals surface area contributed by atoms with Crippen molar-refractivity contribution in [1.29, 1.82) is 0 Å². The monoisotopic (exact) mass is 444 g/mol. The number of pyridine rings is 2. The van der Waals surface area contributed by atoms with Gasteiger partial charge in [-0.05, 0) is 37.1 Å². The van der Waals surface area contributed by atoms with E-state index in [2.05, 4.69) is 4.90 Å². The highest BCUT2D eigenvalue weighted by atomic mass is 35.5. The molecule has 9 heteroatoms. The lowest BCUT2D eigenvalue weighted by Crippen LogP contribution is -2.46. The van der Waals surface area contributed by atoms with E-state index >= 15 is 0 Å². The molecule has 1 aliphatic carbocycles. The van der Waals surface area contributed by atoms with E-state index in [0.717, 1.165) is 12.8 Å². The molecule has 0 spiro atoms. The molecule has 0 unspecified atom stereocenters. The third-order valence-electron chi connectivity index (χ3n) is 6.03. The molecule has 3 aromatic rings. The molecule has 0 atom stereocenters. The Balaban J connectivity index is 1.99. The van der Waals surface area contributed by atoms with Crippen LogP contribution in [0.3, 0.4) is 0 Å². The topological polar surface area (TPSA) is 87.9 Å². The number of methoxy groups -OCH3 is 1. The van der Waals surface area contributed by atoms with Gasteiger partial charge in [-0.3, -0.25) is 9.59 Å². The van der Waals surface area contributed by atoms with Gasteiger partial charge in [-0.2, -0.15) is 0 Å². The van der Waals surface area contributed by atoms with Crippen molar-refractivity contribution in [1.82, 2.24) is 9.55 Å². The number of carboxylic acid groups (broad SMARTS) is 1. The summed E-state index contributed by atoms with van der Waals surface area (Å²) in [4.78, 5) is 33.6. The van der Waals surface area contributed by atoms with Crippen LogP contribution in [0.4, 0.5) is 11.5 Å². The standard InChI is InChI=1S/C22H25ClN4O4/c1-25(2)20-16(23)7-5-14-19(20)27(11-18(28)29)22-15(21(14)30)6-8-17(24-22)26(3)12-9-13(10-12)31-4/h5-8,12-13H,9-11H2,1-4H3,(H,28,29). The molecule has 31 heavy (non-hydrogen) atoms. The van der Waals surface area contributed by atoms with Crippen LogP contribution in [-0.4, -0.2) is 61.0 Å². The molecule has 1 N–H and O–H groups in total. The normalized spacial score (nSPS) is 18.2. The number of carbonyl (C=O) groups is 1. The number of fused-ring (bicyclic) bond motifs is 2. The third-order valence-corrected chi connectivity index (χ3v) is 6.34. The van der Waals surface area contributed by atoms with Crippen LogP contribution >= 0.6 is 11.6 Å². The minimum atomic E-state index is -1.03. The molecule has 2 aromatic heterocycles. The maximum absolute atomic E-state index is 13.3. The summed E-state index contributed by atoms with van der Waals surface area (Å²) in [5, 5.41) is 10.8. The average molecular weight is 445 g/mol. The first-order valence-electron chi connectivity index (χ1n) is 10.0. The summed E-state index contributed by atoms with van der Waals surface area (Å²) in [7, 11) is 7.27. The van der Waals surface area contributed by atoms with Gasteiger partial charge in [0, 0.05) is 39.7 Å². The first kappa shape index (κ1) is 21.4. The van der Waals surface area contributed by atoms with Crippen LogP contribution in [0.5, 0.6) is 0 Å². The SMILES string of the molecule is COC1CC(N(C)c2ccc3c(=O)c4ccc(Cl)c(N(C)C)c4n(CC(=O)O)c3n2)C1. The van der Waals surface area contributed by atoms with Gasteiger partial charge in [-0.15, -0.1) is 0 Å². The van der Waals surface area contributed by atoms with Crippen molar-refractivity contribution in [2.24, 2.45) is 0 Å². The van der Waals surface area contributed by atoms with E-state index < -0.39 is 5.97 Å². The Morgan fingerprint density at radius 3 is 2.52 bits per heavy atom. The zero-order chi connectivity index (χ0) is 22.4. The van der Waals surface area contributed by atoms with E-state index in [-0.39, 0.29) is 24.1 Å². The molecule has 1 aromatic carbocycles. The van der Waals surface area contributed by atoms with Crippen LogP contribution < -0.4 is 15.2 Å². The highest BCUT2D eigenvalue weighted by Crippen LogP contribution is 2.35. The molecule has 0 aliphatic heterocycles. The van der Waals surface area contributed by atoms with Gasteiger partial charge < -0.3 is 24.2 Å². The molecule has 0 amide bonds. The van der Waals surface area contributed by atoms with E-state index in [4.69, 9.17) is 21.3 Å². The molecule has 0 saturated heterocycles. The van der Waals surface area contributed by atoms with E-state index in [1.165, 1.54) is 0 Å². The van der Waals surface area contributed by atoms with Crippen molar-refractivity contribution in [3.05, 3.63) is 39.5 Å². The van der Waals surface area contributed by atoms with Gasteiger partial charge in [0.2, 0.25) is 0 Å². The number of carboxylic acids is 1. The largest absolute Gasteiger partial charge is 0.480 e. The number of aromatic nitrogens is 2. The highest BCUT2D eigenvalue weighted by Gasteiger charge is 2.33. The fraction of sp³-hybridized carbons (Fsp3) is 0.409. The number of ether oxygens (including phenoxy) is 1. The smallest absolute Gasteiger partial charge is 0.323 e. The number of nitrogens with zero attached hydrogens (tertiary/aromatic N) is 4. The third kappa shape index (κ3) is 3.59. The molecule has 2 heterocycles. The summed E-state index contributed by atoms with van der Waals surface area (Å²) in [6.45, 7) is -0.343. The minimum Gasteiger partial charge on any atom is -0.480 e. The summed E-state index contributed by atoms with van der Waals surface area (Å²) < 4.78 is 6.95. The van der Waals surface area contributed by atoms with Crippen LogP contribution in [-0.2, 0) is 16.1 Å². The fourth-order valence-electron chi connectivity index (χ4n) is 4.23. The highest BCUT2D eigenvalue weighted by molar-refractivity contribution is 6.35. The predicted molar refractivity (Wildman–Crippen MR) is 123 cm³/mol. The lowest BCUT2D eigenvalue weighted by molar-refractivity contribution is -0.137. The Bertz CT molecular complexity index is 1230. The van der Waals surface area contributed by atoms with Gasteiger partial charge in [0.1, 0.15) is 18.0 Å². The Morgan fingerprint density at radius 1 is 1.23 bits per heavy atom. The van der Waals surface area contributed by atoms with Crippen molar-refractivity contribution in [3.8, 4) is 0 Å². The van der Waals surface area contributed by atoms with Crippen LogP contribution in [0.1, 0.15) is 12.8 Å². The Hall–Kier alpha value is -2.84. The molecule has 164 valence electrons. The lowest BCUT2D eigenvalue weighted by atomic mass is 9.88. The number of anilines is 2. The Labute approximate surface area is 184 Å². The quantitative estimate of drug-likeness (QED) is 0.585. The summed E-state index contributed by atoms with van der Waals surface area (Å²) >= 11 is 6.44. The maximum atomic E-state index is 13.3. The van der Waals surface area contributed by atoms with E-state index in [1.807, 2.05) is 13.1 Å². The van der Waals surface area contributed by atoms with E-state index in [9.17, 15) is 14.7 Å². The van der Waals surface area contributed by atoms with Crippen molar-refractivity contribution < 1.29 is 14.6 Å². The summed E-state index contributed by atoms with van der Waals surface area (Å²) in [6.07, 6.45) is 2.03. The molecule has 0 radical (unpaired) electrons. The number of aliphatic carboxylic acids is 1. The van der Waals surface area contributed by atoms with Gasteiger partial charge in [0.15, 0.2) is 5.43 Å². The van der Waals surface area contributed by atoms with Crippen LogP contribution in [0.15, 0.2) is 29.1 Å². The zero-order valence-corrected chi connectivity index (χ0v) is 18.7. The first-order valence-corrected chi connectivity index (χ1v) is 10.4. The molecule has 4 rings (SSSR count). The minimum absolute atomic E-state index is 0.198. The van der Waals surface area contributed by atoms with Gasteiger partial charge in [-0.25, -0.2) is 4.98 Å². The lowest BCUT2D eigenvalue weighted by Gasteiger charge is -2.40. The van der Waals surface area contributed by atoms with E-state index in [1.54, 1.807) is 48.9 Å². The second-order valence-electron chi connectivity index (χ2n) is 8.13. The fourth-order valence-corrected chi connectivity index (χ4v) is 4.55. The van der Waals surface area contributed by atoms with Crippen molar-refractivity contribution in [2.75, 3.05) is 38.1 Å². The number of benzene rings is 1. The number of hydrogen-bond donors (Lipinski definition) is 1. The number of rotatable bonds is 6. The Kier molecular flexibility index (Phi) is 5.53. The number of halogens is 1. The average Bonchev–Trinajstić information content (AvgIpc) is 2.69. The second kappa shape index (κ2) is 8.01. The molecule has 0 bridgehead atoms. The predicted octanol–water partition coefficient (Wildman–Crippen LogP) is 2.97. The molecular formula is C22H25ClN4O4. The van der Waals surface area contributed by atoms with Gasteiger partial charge in [0.05, 0.1) is 27.7 Å². The molecule has 8 nitrogen and oxygen atoms in total.